The van der Waals surface area contributed by atoms with E-state index in [-0.39, 0.29) is 0 Å². The van der Waals surface area contributed by atoms with Crippen molar-refractivity contribution in [1.82, 2.24) is 0 Å². The highest BCUT2D eigenvalue weighted by molar-refractivity contribution is 5.36. The number of aryl methyl sites for hydroxylation is 1. The van der Waals surface area contributed by atoms with Crippen molar-refractivity contribution in [1.29, 1.82) is 0 Å². The first-order valence-electron chi connectivity index (χ1n) is 5.24. The predicted octanol–water partition coefficient (Wildman–Crippen LogP) is 2.54. The van der Waals surface area contributed by atoms with E-state index in [1.807, 2.05) is 24.3 Å². The molecule has 1 aliphatic carbocycles. The summed E-state index contributed by atoms with van der Waals surface area (Å²) in [5.41, 5.74) is 6.48. The highest BCUT2D eigenvalue weighted by atomic mass is 19.1. The van der Waals surface area contributed by atoms with Crippen LogP contribution in [0.15, 0.2) is 24.3 Å². The van der Waals surface area contributed by atoms with Gasteiger partial charge in [0.25, 0.3) is 0 Å². The van der Waals surface area contributed by atoms with Gasteiger partial charge in [0.2, 0.25) is 0 Å². The Bertz CT molecular complexity index is 318. The molecule has 2 N–H and O–H groups in total. The lowest BCUT2D eigenvalue weighted by atomic mass is 9.98. The third-order valence-electron chi connectivity index (χ3n) is 2.84. The van der Waals surface area contributed by atoms with Gasteiger partial charge in [-0.25, -0.2) is 4.39 Å². The van der Waals surface area contributed by atoms with Gasteiger partial charge in [0, 0.05) is 0 Å². The first-order valence-corrected chi connectivity index (χ1v) is 5.24. The molecule has 1 aromatic rings. The van der Waals surface area contributed by atoms with Gasteiger partial charge in [-0.3, -0.25) is 0 Å². The number of alkyl halides is 1. The van der Waals surface area contributed by atoms with Gasteiger partial charge in [0.1, 0.15) is 5.67 Å². The van der Waals surface area contributed by atoms with Gasteiger partial charge in [-0.2, -0.15) is 0 Å². The molecule has 0 saturated heterocycles. The summed E-state index contributed by atoms with van der Waals surface area (Å²) in [6.45, 7) is 0.674. The summed E-state index contributed by atoms with van der Waals surface area (Å²) in [6.07, 6.45) is 3.21. The minimum Gasteiger partial charge on any atom is -0.330 e. The lowest BCUT2D eigenvalue weighted by molar-refractivity contribution is 0.315. The Morgan fingerprint density at radius 3 is 2.64 bits per heavy atom. The summed E-state index contributed by atoms with van der Waals surface area (Å²) in [4.78, 5) is 0. The standard InChI is InChI=1S/C12H16FN/c13-12(7-8-12)11-6-2-1-4-10(11)5-3-9-14/h1-2,4,6H,3,5,7-9,14H2. The maximum absolute atomic E-state index is 13.9. The number of rotatable bonds is 4. The van der Waals surface area contributed by atoms with Crippen LogP contribution >= 0.6 is 0 Å². The van der Waals surface area contributed by atoms with E-state index in [1.54, 1.807) is 0 Å². The summed E-state index contributed by atoms with van der Waals surface area (Å²) < 4.78 is 13.9. The van der Waals surface area contributed by atoms with E-state index >= 15 is 0 Å². The van der Waals surface area contributed by atoms with Gasteiger partial charge in [-0.1, -0.05) is 24.3 Å². The molecule has 0 unspecified atom stereocenters. The third kappa shape index (κ3) is 1.80. The summed E-state index contributed by atoms with van der Waals surface area (Å²) in [5.74, 6) is 0. The second-order valence-corrected chi connectivity index (χ2v) is 4.01. The molecule has 0 amide bonds. The van der Waals surface area contributed by atoms with Crippen molar-refractivity contribution in [2.24, 2.45) is 5.73 Å². The zero-order valence-electron chi connectivity index (χ0n) is 8.30. The van der Waals surface area contributed by atoms with Crippen molar-refractivity contribution in [3.63, 3.8) is 0 Å². The van der Waals surface area contributed by atoms with Crippen LogP contribution in [-0.4, -0.2) is 6.54 Å². The van der Waals surface area contributed by atoms with Crippen LogP contribution in [0.3, 0.4) is 0 Å². The Hall–Kier alpha value is -0.890. The van der Waals surface area contributed by atoms with E-state index in [0.717, 1.165) is 24.0 Å². The van der Waals surface area contributed by atoms with Gasteiger partial charge >= 0.3 is 0 Å². The van der Waals surface area contributed by atoms with Crippen LogP contribution in [0.2, 0.25) is 0 Å². The molecular weight excluding hydrogens is 177 g/mol. The number of benzene rings is 1. The Labute approximate surface area is 84.1 Å². The van der Waals surface area contributed by atoms with E-state index in [1.165, 1.54) is 0 Å². The molecule has 1 saturated carbocycles. The molecule has 0 aliphatic heterocycles. The second-order valence-electron chi connectivity index (χ2n) is 4.01. The zero-order chi connectivity index (χ0) is 10.0. The Morgan fingerprint density at radius 1 is 1.29 bits per heavy atom. The van der Waals surface area contributed by atoms with Crippen LogP contribution in [0.4, 0.5) is 4.39 Å². The Morgan fingerprint density at radius 2 is 2.00 bits per heavy atom. The van der Waals surface area contributed by atoms with E-state index in [2.05, 4.69) is 0 Å². The fourth-order valence-corrected chi connectivity index (χ4v) is 1.85. The van der Waals surface area contributed by atoms with Crippen molar-refractivity contribution < 1.29 is 4.39 Å². The van der Waals surface area contributed by atoms with Gasteiger partial charge in [-0.05, 0) is 43.4 Å². The van der Waals surface area contributed by atoms with Crippen molar-refractivity contribution in [3.05, 3.63) is 35.4 Å². The van der Waals surface area contributed by atoms with E-state index in [4.69, 9.17) is 5.73 Å². The molecule has 2 heteroatoms. The summed E-state index contributed by atoms with van der Waals surface area (Å²) >= 11 is 0. The highest BCUT2D eigenvalue weighted by Crippen LogP contribution is 2.50. The maximum Gasteiger partial charge on any atom is 0.136 e. The minimum atomic E-state index is -1.01. The first-order chi connectivity index (χ1) is 6.76. The quantitative estimate of drug-likeness (QED) is 0.781. The summed E-state index contributed by atoms with van der Waals surface area (Å²) in [6, 6.07) is 7.82. The number of nitrogens with two attached hydrogens (primary N) is 1. The minimum absolute atomic E-state index is 0.674. The second kappa shape index (κ2) is 3.70. The van der Waals surface area contributed by atoms with Crippen LogP contribution in [-0.2, 0) is 12.1 Å². The number of hydrogen-bond acceptors (Lipinski definition) is 1. The normalized spacial score (nSPS) is 18.1. The predicted molar refractivity (Wildman–Crippen MR) is 55.8 cm³/mol. The number of halogens is 1. The lowest BCUT2D eigenvalue weighted by Crippen LogP contribution is -2.06. The van der Waals surface area contributed by atoms with Crippen LogP contribution in [0.1, 0.15) is 30.4 Å². The average Bonchev–Trinajstić information content (AvgIpc) is 2.95. The summed E-state index contributed by atoms with van der Waals surface area (Å²) in [7, 11) is 0. The first kappa shape index (κ1) is 9.66. The molecule has 0 bridgehead atoms. The van der Waals surface area contributed by atoms with Gasteiger partial charge in [-0.15, -0.1) is 0 Å². The van der Waals surface area contributed by atoms with Crippen LogP contribution in [0.5, 0.6) is 0 Å². The van der Waals surface area contributed by atoms with Crippen LogP contribution in [0.25, 0.3) is 0 Å². The molecule has 0 aromatic heterocycles. The molecule has 2 rings (SSSR count). The molecule has 0 atom stereocenters. The number of hydrogen-bond donors (Lipinski definition) is 1. The molecule has 1 aliphatic rings. The van der Waals surface area contributed by atoms with E-state index in [9.17, 15) is 4.39 Å². The van der Waals surface area contributed by atoms with E-state index < -0.39 is 5.67 Å². The van der Waals surface area contributed by atoms with Crippen LogP contribution in [0, 0.1) is 0 Å². The third-order valence-corrected chi connectivity index (χ3v) is 2.84. The fourth-order valence-electron chi connectivity index (χ4n) is 1.85. The molecule has 0 heterocycles. The highest BCUT2D eigenvalue weighted by Gasteiger charge is 2.45. The SMILES string of the molecule is NCCCc1ccccc1C1(F)CC1. The molecule has 1 aromatic carbocycles. The largest absolute Gasteiger partial charge is 0.330 e. The van der Waals surface area contributed by atoms with E-state index in [0.29, 0.717) is 19.4 Å². The zero-order valence-corrected chi connectivity index (χ0v) is 8.30. The molecule has 0 spiro atoms. The summed E-state index contributed by atoms with van der Waals surface area (Å²) in [5, 5.41) is 0. The van der Waals surface area contributed by atoms with Crippen molar-refractivity contribution in [3.8, 4) is 0 Å². The Balaban J connectivity index is 2.20. The lowest BCUT2D eigenvalue weighted by Gasteiger charge is -2.11. The smallest absolute Gasteiger partial charge is 0.136 e. The molecule has 76 valence electrons. The van der Waals surface area contributed by atoms with Crippen molar-refractivity contribution >= 4 is 0 Å². The monoisotopic (exact) mass is 193 g/mol. The molecule has 14 heavy (non-hydrogen) atoms. The Kier molecular flexibility index (Phi) is 2.55. The molecular formula is C12H16FN. The fraction of sp³-hybridized carbons (Fsp3) is 0.500. The molecule has 1 nitrogen and oxygen atoms in total. The van der Waals surface area contributed by atoms with Crippen molar-refractivity contribution in [2.45, 2.75) is 31.4 Å². The molecule has 1 fully saturated rings. The maximum atomic E-state index is 13.9. The van der Waals surface area contributed by atoms with Crippen LogP contribution < -0.4 is 5.73 Å². The van der Waals surface area contributed by atoms with Gasteiger partial charge < -0.3 is 5.73 Å². The van der Waals surface area contributed by atoms with Gasteiger partial charge in [0.15, 0.2) is 0 Å². The van der Waals surface area contributed by atoms with Crippen molar-refractivity contribution in [2.75, 3.05) is 6.54 Å². The topological polar surface area (TPSA) is 26.0 Å². The molecule has 0 radical (unpaired) electrons. The average molecular weight is 193 g/mol. The van der Waals surface area contributed by atoms with Gasteiger partial charge in [0.05, 0.1) is 0 Å².